The van der Waals surface area contributed by atoms with Crippen molar-refractivity contribution in [3.63, 3.8) is 0 Å². The topological polar surface area (TPSA) is 15.3 Å². The summed E-state index contributed by atoms with van der Waals surface area (Å²) in [5, 5.41) is 5.12. The van der Waals surface area contributed by atoms with E-state index in [9.17, 15) is 0 Å². The van der Waals surface area contributed by atoms with Crippen molar-refractivity contribution in [2.24, 2.45) is 11.8 Å². The first-order chi connectivity index (χ1) is 10.2. The molecule has 2 aliphatic carbocycles. The van der Waals surface area contributed by atoms with E-state index in [0.29, 0.717) is 22.1 Å². The van der Waals surface area contributed by atoms with Crippen LogP contribution < -0.4 is 5.32 Å². The summed E-state index contributed by atoms with van der Waals surface area (Å²) in [5.41, 5.74) is 1.28. The van der Waals surface area contributed by atoms with E-state index in [1.54, 1.807) is 0 Å². The van der Waals surface area contributed by atoms with Crippen LogP contribution in [0.4, 0.5) is 0 Å². The zero-order valence-electron chi connectivity index (χ0n) is 12.2. The van der Waals surface area contributed by atoms with Gasteiger partial charge in [-0.15, -0.1) is 0 Å². The van der Waals surface area contributed by atoms with Crippen LogP contribution in [0.15, 0.2) is 18.2 Å². The van der Waals surface area contributed by atoms with Crippen molar-refractivity contribution in [1.29, 1.82) is 0 Å². The van der Waals surface area contributed by atoms with Gasteiger partial charge in [0.15, 0.2) is 0 Å². The summed E-state index contributed by atoms with van der Waals surface area (Å²) in [6.45, 7) is 3.35. The largest absolute Gasteiger partial charge is 0.311 e. The fourth-order valence-electron chi connectivity index (χ4n) is 3.67. The zero-order valence-corrected chi connectivity index (χ0v) is 13.7. The monoisotopic (exact) mass is 324 g/mol. The third-order valence-corrected chi connectivity index (χ3v) is 5.96. The van der Waals surface area contributed by atoms with Crippen LogP contribution in [0.1, 0.15) is 31.2 Å². The summed E-state index contributed by atoms with van der Waals surface area (Å²) in [6.07, 6.45) is 5.62. The quantitative estimate of drug-likeness (QED) is 0.901. The lowest BCUT2D eigenvalue weighted by Crippen LogP contribution is -2.57. The highest BCUT2D eigenvalue weighted by molar-refractivity contribution is 6.42. The molecule has 0 aromatic heterocycles. The van der Waals surface area contributed by atoms with Gasteiger partial charge in [0.05, 0.1) is 10.0 Å². The Morgan fingerprint density at radius 1 is 1.05 bits per heavy atom. The first-order valence-corrected chi connectivity index (χ1v) is 8.87. The maximum Gasteiger partial charge on any atom is 0.0595 e. The SMILES string of the molecule is Clc1ccc(CN2CC(C3CC3)NCC2C2CC2)cc1Cl. The van der Waals surface area contributed by atoms with Crippen molar-refractivity contribution in [3.8, 4) is 0 Å². The Morgan fingerprint density at radius 3 is 2.48 bits per heavy atom. The van der Waals surface area contributed by atoms with E-state index in [4.69, 9.17) is 23.2 Å². The van der Waals surface area contributed by atoms with Crippen molar-refractivity contribution in [3.05, 3.63) is 33.8 Å². The highest BCUT2D eigenvalue weighted by Crippen LogP contribution is 2.40. The van der Waals surface area contributed by atoms with E-state index in [1.807, 2.05) is 12.1 Å². The molecule has 0 amide bonds. The molecule has 0 spiro atoms. The van der Waals surface area contributed by atoms with Crippen molar-refractivity contribution in [1.82, 2.24) is 10.2 Å². The smallest absolute Gasteiger partial charge is 0.0595 e. The lowest BCUT2D eigenvalue weighted by atomic mass is 10.0. The zero-order chi connectivity index (χ0) is 14.4. The Kier molecular flexibility index (Phi) is 3.91. The van der Waals surface area contributed by atoms with E-state index in [1.165, 1.54) is 37.8 Å². The van der Waals surface area contributed by atoms with Crippen molar-refractivity contribution in [2.75, 3.05) is 13.1 Å². The molecule has 1 aromatic rings. The van der Waals surface area contributed by atoms with Gasteiger partial charge in [0.1, 0.15) is 0 Å². The van der Waals surface area contributed by atoms with E-state index in [2.05, 4.69) is 16.3 Å². The summed E-state index contributed by atoms with van der Waals surface area (Å²) >= 11 is 12.2. The molecule has 0 radical (unpaired) electrons. The minimum Gasteiger partial charge on any atom is -0.311 e. The molecular formula is C17H22Cl2N2. The van der Waals surface area contributed by atoms with Gasteiger partial charge in [-0.1, -0.05) is 29.3 Å². The highest BCUT2D eigenvalue weighted by atomic mass is 35.5. The predicted octanol–water partition coefficient (Wildman–Crippen LogP) is 3.96. The number of nitrogens with one attached hydrogen (secondary N) is 1. The molecule has 0 bridgehead atoms. The predicted molar refractivity (Wildman–Crippen MR) is 87.9 cm³/mol. The highest BCUT2D eigenvalue weighted by Gasteiger charge is 2.42. The summed E-state index contributed by atoms with van der Waals surface area (Å²) < 4.78 is 0. The standard InChI is InChI=1S/C17H22Cl2N2/c18-14-6-1-11(7-15(14)19)9-21-10-16(12-2-3-12)20-8-17(21)13-4-5-13/h1,6-7,12-13,16-17,20H,2-5,8-10H2. The van der Waals surface area contributed by atoms with Crippen LogP contribution in [0.5, 0.6) is 0 Å². The van der Waals surface area contributed by atoms with E-state index < -0.39 is 0 Å². The second-order valence-corrected chi connectivity index (χ2v) is 7.75. The van der Waals surface area contributed by atoms with Crippen molar-refractivity contribution >= 4 is 23.2 Å². The molecule has 4 heteroatoms. The number of rotatable bonds is 4. The molecule has 3 fully saturated rings. The van der Waals surface area contributed by atoms with E-state index in [0.717, 1.165) is 24.9 Å². The molecule has 2 unspecified atom stereocenters. The fourth-order valence-corrected chi connectivity index (χ4v) is 3.99. The third-order valence-electron chi connectivity index (χ3n) is 5.22. The van der Waals surface area contributed by atoms with Crippen LogP contribution in [0.25, 0.3) is 0 Å². The number of halogens is 2. The Bertz CT molecular complexity index is 526. The lowest BCUT2D eigenvalue weighted by Gasteiger charge is -2.41. The van der Waals surface area contributed by atoms with Gasteiger partial charge in [-0.3, -0.25) is 4.90 Å². The Labute approximate surface area is 136 Å². The van der Waals surface area contributed by atoms with Crippen LogP contribution in [0, 0.1) is 11.8 Å². The molecule has 3 aliphatic rings. The maximum absolute atomic E-state index is 6.17. The number of hydrogen-bond acceptors (Lipinski definition) is 2. The van der Waals surface area contributed by atoms with Gasteiger partial charge in [0.25, 0.3) is 0 Å². The summed E-state index contributed by atoms with van der Waals surface area (Å²) in [5.74, 6) is 1.82. The summed E-state index contributed by atoms with van der Waals surface area (Å²) in [7, 11) is 0. The fraction of sp³-hybridized carbons (Fsp3) is 0.647. The van der Waals surface area contributed by atoms with Gasteiger partial charge >= 0.3 is 0 Å². The molecule has 2 nitrogen and oxygen atoms in total. The number of hydrogen-bond donors (Lipinski definition) is 1. The van der Waals surface area contributed by atoms with Crippen LogP contribution in [0.3, 0.4) is 0 Å². The molecule has 1 saturated heterocycles. The lowest BCUT2D eigenvalue weighted by molar-refractivity contribution is 0.100. The molecule has 21 heavy (non-hydrogen) atoms. The minimum absolute atomic E-state index is 0.648. The van der Waals surface area contributed by atoms with Gasteiger partial charge in [-0.2, -0.15) is 0 Å². The molecular weight excluding hydrogens is 303 g/mol. The molecule has 1 aliphatic heterocycles. The van der Waals surface area contributed by atoms with Crippen LogP contribution in [-0.2, 0) is 6.54 Å². The molecule has 1 N–H and O–H groups in total. The normalized spacial score (nSPS) is 30.6. The Hall–Kier alpha value is -0.280. The molecule has 2 saturated carbocycles. The second kappa shape index (κ2) is 5.73. The minimum atomic E-state index is 0.648. The molecule has 1 aromatic carbocycles. The van der Waals surface area contributed by atoms with Crippen molar-refractivity contribution < 1.29 is 0 Å². The number of nitrogens with zero attached hydrogens (tertiary/aromatic N) is 1. The van der Waals surface area contributed by atoms with Gasteiger partial charge in [0, 0.05) is 31.7 Å². The van der Waals surface area contributed by atoms with Crippen LogP contribution in [-0.4, -0.2) is 30.1 Å². The summed E-state index contributed by atoms with van der Waals surface area (Å²) in [4.78, 5) is 2.69. The molecule has 4 rings (SSSR count). The third kappa shape index (κ3) is 3.24. The Morgan fingerprint density at radius 2 is 1.81 bits per heavy atom. The van der Waals surface area contributed by atoms with E-state index >= 15 is 0 Å². The first-order valence-electron chi connectivity index (χ1n) is 8.12. The van der Waals surface area contributed by atoms with Gasteiger partial charge in [-0.25, -0.2) is 0 Å². The van der Waals surface area contributed by atoms with E-state index in [-0.39, 0.29) is 0 Å². The first kappa shape index (κ1) is 14.3. The molecule has 114 valence electrons. The summed E-state index contributed by atoms with van der Waals surface area (Å²) in [6, 6.07) is 7.47. The van der Waals surface area contributed by atoms with Crippen molar-refractivity contribution in [2.45, 2.75) is 44.3 Å². The molecule has 1 heterocycles. The Balaban J connectivity index is 1.49. The maximum atomic E-state index is 6.17. The van der Waals surface area contributed by atoms with Gasteiger partial charge in [-0.05, 0) is 55.2 Å². The molecule has 2 atom stereocenters. The number of piperazine rings is 1. The van der Waals surface area contributed by atoms with Gasteiger partial charge in [0.2, 0.25) is 0 Å². The second-order valence-electron chi connectivity index (χ2n) is 6.93. The van der Waals surface area contributed by atoms with Gasteiger partial charge < -0.3 is 5.32 Å². The number of benzene rings is 1. The average molecular weight is 325 g/mol. The van der Waals surface area contributed by atoms with Crippen LogP contribution in [0.2, 0.25) is 10.0 Å². The average Bonchev–Trinajstić information content (AvgIpc) is 3.36. The van der Waals surface area contributed by atoms with Crippen LogP contribution >= 0.6 is 23.2 Å².